The SMILES string of the molecule is CC(C)C(C)NC(=O)[C@H]1NCCO[C@@H]1C. The number of carbonyl (C=O) groups excluding carboxylic acids is 1. The van der Waals surface area contributed by atoms with Gasteiger partial charge in [0.1, 0.15) is 6.04 Å². The van der Waals surface area contributed by atoms with E-state index in [4.69, 9.17) is 4.74 Å². The zero-order chi connectivity index (χ0) is 11.4. The van der Waals surface area contributed by atoms with E-state index in [0.717, 1.165) is 6.54 Å². The molecule has 0 aromatic heterocycles. The van der Waals surface area contributed by atoms with E-state index in [2.05, 4.69) is 24.5 Å². The third-order valence-electron chi connectivity index (χ3n) is 2.97. The van der Waals surface area contributed by atoms with Crippen LogP contribution in [0, 0.1) is 5.92 Å². The number of morpholine rings is 1. The number of ether oxygens (including phenoxy) is 1. The molecule has 1 heterocycles. The first-order chi connectivity index (χ1) is 7.02. The van der Waals surface area contributed by atoms with Crippen LogP contribution in [0.5, 0.6) is 0 Å². The molecule has 1 aliphatic rings. The van der Waals surface area contributed by atoms with E-state index in [1.54, 1.807) is 0 Å². The lowest BCUT2D eigenvalue weighted by molar-refractivity contribution is -0.129. The number of carbonyl (C=O) groups is 1. The minimum atomic E-state index is -0.208. The summed E-state index contributed by atoms with van der Waals surface area (Å²) in [5.41, 5.74) is 0. The summed E-state index contributed by atoms with van der Waals surface area (Å²) in [4.78, 5) is 11.9. The van der Waals surface area contributed by atoms with Gasteiger partial charge in [-0.1, -0.05) is 13.8 Å². The summed E-state index contributed by atoms with van der Waals surface area (Å²) >= 11 is 0. The standard InChI is InChI=1S/C11H22N2O2/c1-7(2)8(3)13-11(14)10-9(4)15-6-5-12-10/h7-10,12H,5-6H2,1-4H3,(H,13,14)/t8?,9-,10+/m1/s1. The third-order valence-corrected chi connectivity index (χ3v) is 2.97. The summed E-state index contributed by atoms with van der Waals surface area (Å²) in [7, 11) is 0. The summed E-state index contributed by atoms with van der Waals surface area (Å²) in [6.07, 6.45) is -0.0434. The Morgan fingerprint density at radius 3 is 2.67 bits per heavy atom. The highest BCUT2D eigenvalue weighted by atomic mass is 16.5. The van der Waals surface area contributed by atoms with Crippen molar-refractivity contribution in [3.8, 4) is 0 Å². The molecule has 0 radical (unpaired) electrons. The van der Waals surface area contributed by atoms with Crippen LogP contribution in [0.3, 0.4) is 0 Å². The van der Waals surface area contributed by atoms with Gasteiger partial charge in [0.15, 0.2) is 0 Å². The Morgan fingerprint density at radius 2 is 2.13 bits per heavy atom. The molecule has 0 aromatic carbocycles. The topological polar surface area (TPSA) is 50.4 Å². The highest BCUT2D eigenvalue weighted by molar-refractivity contribution is 5.82. The van der Waals surface area contributed by atoms with Crippen molar-refractivity contribution in [2.75, 3.05) is 13.2 Å². The van der Waals surface area contributed by atoms with Gasteiger partial charge in [0.2, 0.25) is 5.91 Å². The van der Waals surface area contributed by atoms with Crippen molar-refractivity contribution in [3.63, 3.8) is 0 Å². The van der Waals surface area contributed by atoms with Crippen LogP contribution < -0.4 is 10.6 Å². The fourth-order valence-electron chi connectivity index (χ4n) is 1.51. The van der Waals surface area contributed by atoms with Gasteiger partial charge in [0.25, 0.3) is 0 Å². The molecule has 0 spiro atoms. The lowest BCUT2D eigenvalue weighted by Gasteiger charge is -2.30. The van der Waals surface area contributed by atoms with Crippen molar-refractivity contribution >= 4 is 5.91 Å². The summed E-state index contributed by atoms with van der Waals surface area (Å²) < 4.78 is 5.43. The first-order valence-corrected chi connectivity index (χ1v) is 5.67. The van der Waals surface area contributed by atoms with Gasteiger partial charge in [-0.15, -0.1) is 0 Å². The van der Waals surface area contributed by atoms with Crippen LogP contribution in [0.2, 0.25) is 0 Å². The van der Waals surface area contributed by atoms with Crippen molar-refractivity contribution in [1.29, 1.82) is 0 Å². The number of hydrogen-bond acceptors (Lipinski definition) is 3. The molecular weight excluding hydrogens is 192 g/mol. The number of nitrogens with one attached hydrogen (secondary N) is 2. The first kappa shape index (κ1) is 12.5. The van der Waals surface area contributed by atoms with Gasteiger partial charge < -0.3 is 15.4 Å². The summed E-state index contributed by atoms with van der Waals surface area (Å²) in [6.45, 7) is 9.58. The number of hydrogen-bond donors (Lipinski definition) is 2. The van der Waals surface area contributed by atoms with Crippen LogP contribution in [0.4, 0.5) is 0 Å². The molecule has 3 atom stereocenters. The van der Waals surface area contributed by atoms with Gasteiger partial charge in [0, 0.05) is 12.6 Å². The number of amides is 1. The summed E-state index contributed by atoms with van der Waals surface area (Å²) in [5.74, 6) is 0.497. The van der Waals surface area contributed by atoms with E-state index in [1.165, 1.54) is 0 Å². The molecule has 15 heavy (non-hydrogen) atoms. The highest BCUT2D eigenvalue weighted by Crippen LogP contribution is 2.06. The van der Waals surface area contributed by atoms with Gasteiger partial charge >= 0.3 is 0 Å². The minimum absolute atomic E-state index is 0.0434. The van der Waals surface area contributed by atoms with E-state index in [0.29, 0.717) is 12.5 Å². The minimum Gasteiger partial charge on any atom is -0.375 e. The van der Waals surface area contributed by atoms with Crippen LogP contribution in [0.1, 0.15) is 27.7 Å². The molecule has 0 aromatic rings. The van der Waals surface area contributed by atoms with E-state index >= 15 is 0 Å². The van der Waals surface area contributed by atoms with Crippen LogP contribution >= 0.6 is 0 Å². The fraction of sp³-hybridized carbons (Fsp3) is 0.909. The maximum atomic E-state index is 11.9. The Morgan fingerprint density at radius 1 is 1.47 bits per heavy atom. The predicted octanol–water partition coefficient (Wildman–Crippen LogP) is 0.524. The Hall–Kier alpha value is -0.610. The molecule has 0 saturated carbocycles. The molecule has 4 heteroatoms. The Bertz CT molecular complexity index is 219. The van der Waals surface area contributed by atoms with Gasteiger partial charge in [-0.05, 0) is 19.8 Å². The second kappa shape index (κ2) is 5.47. The van der Waals surface area contributed by atoms with Crippen LogP contribution in [0.25, 0.3) is 0 Å². The van der Waals surface area contributed by atoms with Crippen LogP contribution in [-0.2, 0) is 9.53 Å². The predicted molar refractivity (Wildman–Crippen MR) is 59.6 cm³/mol. The first-order valence-electron chi connectivity index (χ1n) is 5.67. The summed E-state index contributed by atoms with van der Waals surface area (Å²) in [5, 5.41) is 6.17. The second-order valence-corrected chi connectivity index (χ2v) is 4.55. The lowest BCUT2D eigenvalue weighted by Crippen LogP contribution is -2.57. The quantitative estimate of drug-likeness (QED) is 0.720. The van der Waals surface area contributed by atoms with Gasteiger partial charge in [-0.3, -0.25) is 4.79 Å². The maximum absolute atomic E-state index is 11.9. The van der Waals surface area contributed by atoms with Crippen molar-refractivity contribution in [1.82, 2.24) is 10.6 Å². The van der Waals surface area contributed by atoms with Crippen LogP contribution in [0.15, 0.2) is 0 Å². The molecule has 4 nitrogen and oxygen atoms in total. The molecule has 2 N–H and O–H groups in total. The Labute approximate surface area is 91.8 Å². The molecule has 0 bridgehead atoms. The van der Waals surface area contributed by atoms with Crippen molar-refractivity contribution in [2.45, 2.75) is 45.9 Å². The van der Waals surface area contributed by atoms with Crippen molar-refractivity contribution in [3.05, 3.63) is 0 Å². The normalized spacial score (nSPS) is 28.9. The zero-order valence-corrected chi connectivity index (χ0v) is 10.0. The second-order valence-electron chi connectivity index (χ2n) is 4.55. The molecule has 0 aliphatic carbocycles. The Kier molecular flexibility index (Phi) is 4.54. The molecule has 1 aliphatic heterocycles. The van der Waals surface area contributed by atoms with E-state index in [9.17, 15) is 4.79 Å². The molecule has 1 unspecified atom stereocenters. The van der Waals surface area contributed by atoms with Crippen LogP contribution in [-0.4, -0.2) is 37.2 Å². The molecule has 1 amide bonds. The van der Waals surface area contributed by atoms with Crippen molar-refractivity contribution < 1.29 is 9.53 Å². The summed E-state index contributed by atoms with van der Waals surface area (Å²) in [6, 6.07) is -0.00613. The van der Waals surface area contributed by atoms with Crippen molar-refractivity contribution in [2.24, 2.45) is 5.92 Å². The molecule has 88 valence electrons. The zero-order valence-electron chi connectivity index (χ0n) is 10.0. The Balaban J connectivity index is 2.45. The molecular formula is C11H22N2O2. The monoisotopic (exact) mass is 214 g/mol. The molecule has 1 fully saturated rings. The highest BCUT2D eigenvalue weighted by Gasteiger charge is 2.29. The smallest absolute Gasteiger partial charge is 0.240 e. The van der Waals surface area contributed by atoms with Gasteiger partial charge in [-0.2, -0.15) is 0 Å². The fourth-order valence-corrected chi connectivity index (χ4v) is 1.51. The lowest BCUT2D eigenvalue weighted by atomic mass is 10.0. The van der Waals surface area contributed by atoms with Gasteiger partial charge in [0.05, 0.1) is 12.7 Å². The largest absolute Gasteiger partial charge is 0.375 e. The van der Waals surface area contributed by atoms with E-state index in [-0.39, 0.29) is 24.1 Å². The average Bonchev–Trinajstić information content (AvgIpc) is 2.18. The van der Waals surface area contributed by atoms with Gasteiger partial charge in [-0.25, -0.2) is 0 Å². The molecule has 1 saturated heterocycles. The van der Waals surface area contributed by atoms with E-state index in [1.807, 2.05) is 13.8 Å². The average molecular weight is 214 g/mol. The number of rotatable bonds is 3. The van der Waals surface area contributed by atoms with E-state index < -0.39 is 0 Å². The maximum Gasteiger partial charge on any atom is 0.240 e. The molecule has 1 rings (SSSR count). The third kappa shape index (κ3) is 3.47.